The van der Waals surface area contributed by atoms with Gasteiger partial charge in [-0.1, -0.05) is 6.92 Å². The van der Waals surface area contributed by atoms with Crippen LogP contribution in [0.5, 0.6) is 0 Å². The van der Waals surface area contributed by atoms with Crippen molar-refractivity contribution < 1.29 is 9.90 Å². The highest BCUT2D eigenvalue weighted by atomic mass is 16.4. The summed E-state index contributed by atoms with van der Waals surface area (Å²) in [4.78, 5) is 21.4. The molecule has 94 valence electrons. The average molecular weight is 237 g/mol. The van der Waals surface area contributed by atoms with E-state index in [0.717, 1.165) is 5.69 Å². The first-order valence-corrected chi connectivity index (χ1v) is 5.67. The molecule has 0 aliphatic rings. The normalized spacial score (nSPS) is 13.7. The summed E-state index contributed by atoms with van der Waals surface area (Å²) in [5, 5.41) is 9.26. The molecule has 0 aliphatic heterocycles. The Morgan fingerprint density at radius 3 is 2.59 bits per heavy atom. The third-order valence-electron chi connectivity index (χ3n) is 3.06. The average Bonchev–Trinajstić information content (AvgIpc) is 2.30. The molecule has 0 radical (unpaired) electrons. The molecule has 0 aliphatic carbocycles. The first-order chi connectivity index (χ1) is 7.91. The molecule has 0 fully saturated rings. The van der Waals surface area contributed by atoms with Gasteiger partial charge in [0.25, 0.3) is 0 Å². The number of aromatic nitrogens is 2. The quantitative estimate of drug-likeness (QED) is 0.844. The van der Waals surface area contributed by atoms with E-state index in [4.69, 9.17) is 0 Å². The Labute approximate surface area is 102 Å². The molecule has 0 saturated carbocycles. The molecule has 1 rings (SSSR count). The third-order valence-corrected chi connectivity index (χ3v) is 3.06. The van der Waals surface area contributed by atoms with Crippen LogP contribution in [0.1, 0.15) is 39.4 Å². The second-order valence-corrected chi connectivity index (χ2v) is 4.46. The Morgan fingerprint density at radius 1 is 1.53 bits per heavy atom. The predicted octanol–water partition coefficient (Wildman–Crippen LogP) is 1.72. The first kappa shape index (κ1) is 13.6. The number of aliphatic carboxylic acids is 1. The zero-order chi connectivity index (χ0) is 13.1. The van der Waals surface area contributed by atoms with Crippen molar-refractivity contribution in [3.63, 3.8) is 0 Å². The summed E-state index contributed by atoms with van der Waals surface area (Å²) < 4.78 is 0. The highest BCUT2D eigenvalue weighted by Crippen LogP contribution is 2.26. The predicted molar refractivity (Wildman–Crippen MR) is 64.5 cm³/mol. The molecule has 0 spiro atoms. The summed E-state index contributed by atoms with van der Waals surface area (Å²) in [5.41, 5.74) is -0.144. The lowest BCUT2D eigenvalue weighted by Crippen LogP contribution is -2.51. The van der Waals surface area contributed by atoms with E-state index in [0.29, 0.717) is 6.54 Å². The maximum absolute atomic E-state index is 11.3. The lowest BCUT2D eigenvalue weighted by Gasteiger charge is -2.38. The van der Waals surface area contributed by atoms with E-state index in [-0.39, 0.29) is 6.04 Å². The second-order valence-electron chi connectivity index (χ2n) is 4.46. The molecule has 5 nitrogen and oxygen atoms in total. The lowest BCUT2D eigenvalue weighted by molar-refractivity contribution is -0.150. The number of rotatable bonds is 5. The Morgan fingerprint density at radius 2 is 2.18 bits per heavy atom. The fourth-order valence-electron chi connectivity index (χ4n) is 1.96. The summed E-state index contributed by atoms with van der Waals surface area (Å²) in [7, 11) is 0. The fraction of sp³-hybridized carbons (Fsp3) is 0.583. The van der Waals surface area contributed by atoms with Gasteiger partial charge in [-0.25, -0.2) is 0 Å². The highest BCUT2D eigenvalue weighted by Gasteiger charge is 2.37. The monoisotopic (exact) mass is 237 g/mol. The molecule has 1 atom stereocenters. The zero-order valence-electron chi connectivity index (χ0n) is 10.7. The maximum Gasteiger partial charge on any atom is 0.323 e. The summed E-state index contributed by atoms with van der Waals surface area (Å²) in [5.74, 6) is -0.838. The molecule has 1 aromatic rings. The topological polar surface area (TPSA) is 66.3 Å². The van der Waals surface area contributed by atoms with Crippen LogP contribution in [0.15, 0.2) is 18.6 Å². The van der Waals surface area contributed by atoms with Crippen molar-refractivity contribution in [2.75, 3.05) is 6.54 Å². The van der Waals surface area contributed by atoms with Crippen LogP contribution in [-0.4, -0.2) is 38.0 Å². The fourth-order valence-corrected chi connectivity index (χ4v) is 1.96. The van der Waals surface area contributed by atoms with Crippen molar-refractivity contribution in [3.05, 3.63) is 24.3 Å². The number of likely N-dealkylation sites (N-methyl/N-ethyl adjacent to an activating group) is 1. The Balaban J connectivity index is 3.00. The van der Waals surface area contributed by atoms with Gasteiger partial charge < -0.3 is 5.11 Å². The second kappa shape index (κ2) is 5.23. The molecule has 1 unspecified atom stereocenters. The van der Waals surface area contributed by atoms with Crippen molar-refractivity contribution in [1.29, 1.82) is 0 Å². The Hall–Kier alpha value is -1.49. The van der Waals surface area contributed by atoms with Gasteiger partial charge in [0.05, 0.1) is 11.7 Å². The third kappa shape index (κ3) is 2.79. The molecule has 0 amide bonds. The molecule has 1 N–H and O–H groups in total. The summed E-state index contributed by atoms with van der Waals surface area (Å²) >= 11 is 0. The largest absolute Gasteiger partial charge is 0.480 e. The summed E-state index contributed by atoms with van der Waals surface area (Å²) in [6.07, 6.45) is 4.90. The number of carbonyl (C=O) groups is 1. The van der Waals surface area contributed by atoms with E-state index in [1.165, 1.54) is 0 Å². The van der Waals surface area contributed by atoms with E-state index >= 15 is 0 Å². The Bertz CT molecular complexity index is 379. The van der Waals surface area contributed by atoms with E-state index in [9.17, 15) is 9.90 Å². The standard InChI is InChI=1S/C12H19N3O2/c1-5-15(12(3,4)11(16)17)9(2)10-8-13-6-7-14-10/h6-9H,5H2,1-4H3,(H,16,17). The van der Waals surface area contributed by atoms with Gasteiger partial charge in [-0.15, -0.1) is 0 Å². The SMILES string of the molecule is CCN(C(C)c1cnccn1)C(C)(C)C(=O)O. The molecular formula is C12H19N3O2. The van der Waals surface area contributed by atoms with Crippen LogP contribution in [0.25, 0.3) is 0 Å². The molecule has 0 aromatic carbocycles. The van der Waals surface area contributed by atoms with Gasteiger partial charge in [0.1, 0.15) is 5.54 Å². The molecular weight excluding hydrogens is 218 g/mol. The van der Waals surface area contributed by atoms with Crippen LogP contribution < -0.4 is 0 Å². The van der Waals surface area contributed by atoms with Gasteiger partial charge in [-0.05, 0) is 27.3 Å². The Kier molecular flexibility index (Phi) is 4.17. The molecule has 1 aromatic heterocycles. The number of carboxylic acids is 1. The number of hydrogen-bond acceptors (Lipinski definition) is 4. The van der Waals surface area contributed by atoms with E-state index in [1.807, 2.05) is 18.7 Å². The van der Waals surface area contributed by atoms with Crippen LogP contribution >= 0.6 is 0 Å². The minimum atomic E-state index is -0.925. The molecule has 17 heavy (non-hydrogen) atoms. The van der Waals surface area contributed by atoms with Gasteiger partial charge in [-0.2, -0.15) is 0 Å². The van der Waals surface area contributed by atoms with E-state index in [2.05, 4.69) is 9.97 Å². The number of hydrogen-bond donors (Lipinski definition) is 1. The minimum absolute atomic E-state index is 0.0835. The van der Waals surface area contributed by atoms with Crippen molar-refractivity contribution in [2.45, 2.75) is 39.3 Å². The minimum Gasteiger partial charge on any atom is -0.480 e. The van der Waals surface area contributed by atoms with Crippen molar-refractivity contribution >= 4 is 5.97 Å². The first-order valence-electron chi connectivity index (χ1n) is 5.67. The molecule has 0 bridgehead atoms. The van der Waals surface area contributed by atoms with Crippen molar-refractivity contribution in [1.82, 2.24) is 14.9 Å². The van der Waals surface area contributed by atoms with Gasteiger partial charge in [0, 0.05) is 18.6 Å². The molecule has 5 heteroatoms. The van der Waals surface area contributed by atoms with E-state index < -0.39 is 11.5 Å². The molecule has 0 saturated heterocycles. The van der Waals surface area contributed by atoms with Crippen LogP contribution in [0.3, 0.4) is 0 Å². The maximum atomic E-state index is 11.3. The number of nitrogens with zero attached hydrogens (tertiary/aromatic N) is 3. The molecule has 1 heterocycles. The van der Waals surface area contributed by atoms with Crippen LogP contribution in [-0.2, 0) is 4.79 Å². The van der Waals surface area contributed by atoms with Gasteiger partial charge >= 0.3 is 5.97 Å². The lowest BCUT2D eigenvalue weighted by atomic mass is 9.99. The number of carboxylic acid groups (broad SMARTS) is 1. The summed E-state index contributed by atoms with van der Waals surface area (Å²) in [6, 6.07) is -0.0835. The van der Waals surface area contributed by atoms with Crippen LogP contribution in [0, 0.1) is 0 Å². The van der Waals surface area contributed by atoms with Gasteiger partial charge in [-0.3, -0.25) is 19.7 Å². The van der Waals surface area contributed by atoms with Crippen LogP contribution in [0.4, 0.5) is 0 Å². The van der Waals surface area contributed by atoms with Gasteiger partial charge in [0.2, 0.25) is 0 Å². The zero-order valence-corrected chi connectivity index (χ0v) is 10.7. The van der Waals surface area contributed by atoms with Crippen molar-refractivity contribution in [3.8, 4) is 0 Å². The summed E-state index contributed by atoms with van der Waals surface area (Å²) in [6.45, 7) is 7.92. The van der Waals surface area contributed by atoms with Crippen LogP contribution in [0.2, 0.25) is 0 Å². The smallest absolute Gasteiger partial charge is 0.323 e. The van der Waals surface area contributed by atoms with Crippen molar-refractivity contribution in [2.24, 2.45) is 0 Å². The highest BCUT2D eigenvalue weighted by molar-refractivity contribution is 5.77. The van der Waals surface area contributed by atoms with E-state index in [1.54, 1.807) is 32.4 Å². The van der Waals surface area contributed by atoms with Gasteiger partial charge in [0.15, 0.2) is 0 Å².